The summed E-state index contributed by atoms with van der Waals surface area (Å²) in [5, 5.41) is 2.19. The molecule has 3 heterocycles. The van der Waals surface area contributed by atoms with E-state index in [-0.39, 0.29) is 5.56 Å². The Morgan fingerprint density at radius 2 is 1.65 bits per heavy atom. The van der Waals surface area contributed by atoms with E-state index in [0.717, 1.165) is 67.4 Å². The highest BCUT2D eigenvalue weighted by molar-refractivity contribution is 9.10. The summed E-state index contributed by atoms with van der Waals surface area (Å²) in [6, 6.07) is 8.48. The molecule has 0 radical (unpaired) electrons. The minimum absolute atomic E-state index is 0.0746. The molecule has 0 bridgehead atoms. The Bertz CT molecular complexity index is 1880. The highest BCUT2D eigenvalue weighted by atomic mass is 79.9. The molecule has 2 N–H and O–H groups in total. The Morgan fingerprint density at radius 3 is 2.35 bits per heavy atom. The third-order valence-corrected chi connectivity index (χ3v) is 9.98. The maximum Gasteiger partial charge on any atom is 0.295 e. The van der Waals surface area contributed by atoms with E-state index < -0.39 is 30.0 Å². The van der Waals surface area contributed by atoms with Crippen LogP contribution in [-0.4, -0.2) is 39.0 Å². The van der Waals surface area contributed by atoms with Gasteiger partial charge in [-0.1, -0.05) is 17.7 Å². The first-order chi connectivity index (χ1) is 17.4. The minimum Gasteiger partial charge on any atom is -0.455 e. The molecule has 3 aliphatic heterocycles. The molecule has 192 valence electrons. The van der Waals surface area contributed by atoms with Crippen molar-refractivity contribution in [1.29, 1.82) is 0 Å². The molecule has 0 amide bonds. The quantitative estimate of drug-likeness (QED) is 0.265. The monoisotopic (exact) mass is 624 g/mol. The van der Waals surface area contributed by atoms with Crippen molar-refractivity contribution in [2.45, 2.75) is 35.5 Å². The zero-order valence-electron chi connectivity index (χ0n) is 19.2. The molecule has 6 rings (SSSR count). The highest BCUT2D eigenvalue weighted by Crippen LogP contribution is 2.43. The zero-order valence-corrected chi connectivity index (χ0v) is 23.1. The second-order valence-corrected chi connectivity index (χ2v) is 13.4. The Balaban J connectivity index is 1.82. The van der Waals surface area contributed by atoms with Crippen LogP contribution in [0.5, 0.6) is 11.5 Å². The number of benzene rings is 3. The summed E-state index contributed by atoms with van der Waals surface area (Å²) in [5.41, 5.74) is 3.20. The van der Waals surface area contributed by atoms with Crippen LogP contribution in [-0.2, 0) is 33.1 Å². The number of hydrogen-bond acceptors (Lipinski definition) is 5. The van der Waals surface area contributed by atoms with Crippen molar-refractivity contribution in [2.75, 3.05) is 13.1 Å². The summed E-state index contributed by atoms with van der Waals surface area (Å²) in [6.45, 7) is 1.91. The molecule has 0 saturated heterocycles. The van der Waals surface area contributed by atoms with Gasteiger partial charge in [-0.2, -0.15) is 16.8 Å². The maximum atomic E-state index is 12.5. The topological polar surface area (TPSA) is 121 Å². The van der Waals surface area contributed by atoms with Crippen molar-refractivity contribution in [1.82, 2.24) is 4.58 Å². The lowest BCUT2D eigenvalue weighted by Crippen LogP contribution is -2.45. The molecule has 3 aromatic rings. The Hall–Kier alpha value is -2.28. The van der Waals surface area contributed by atoms with Crippen LogP contribution < -0.4 is 19.9 Å². The van der Waals surface area contributed by atoms with E-state index in [1.54, 1.807) is 12.1 Å². The predicted octanol–water partition coefficient (Wildman–Crippen LogP) is 3.33. The van der Waals surface area contributed by atoms with Crippen molar-refractivity contribution < 1.29 is 30.7 Å². The van der Waals surface area contributed by atoms with E-state index in [4.69, 9.17) is 16.3 Å². The van der Waals surface area contributed by atoms with E-state index in [1.165, 1.54) is 6.07 Å². The summed E-state index contributed by atoms with van der Waals surface area (Å²) < 4.78 is 77.6. The predicted molar refractivity (Wildman–Crippen MR) is 140 cm³/mol. The highest BCUT2D eigenvalue weighted by Gasteiger charge is 2.33. The molecule has 0 unspecified atom stereocenters. The van der Waals surface area contributed by atoms with E-state index in [9.17, 15) is 25.9 Å². The van der Waals surface area contributed by atoms with Gasteiger partial charge in [0.05, 0.1) is 15.5 Å². The molecule has 12 heteroatoms. The van der Waals surface area contributed by atoms with E-state index in [0.29, 0.717) is 37.3 Å². The molecule has 3 aliphatic rings. The number of rotatable bonds is 3. The normalized spacial score (nSPS) is 16.5. The summed E-state index contributed by atoms with van der Waals surface area (Å²) in [7, 11) is -9.63. The van der Waals surface area contributed by atoms with E-state index >= 15 is 0 Å². The van der Waals surface area contributed by atoms with Crippen LogP contribution >= 0.6 is 27.5 Å². The number of hydrogen-bond donors (Lipinski definition) is 2. The van der Waals surface area contributed by atoms with Crippen LogP contribution in [0.1, 0.15) is 35.1 Å². The first kappa shape index (κ1) is 25.0. The summed E-state index contributed by atoms with van der Waals surface area (Å²) >= 11 is 9.82. The zero-order chi connectivity index (χ0) is 26.3. The SMILES string of the molecule is O=S(=O)(O)c1ccc(C2=c3cc4c5c(c3Oc3cc(Cl)c(Br)cc32)CCC[N+]=5CCC4)c(S(=O)(=O)O)c1. The van der Waals surface area contributed by atoms with Gasteiger partial charge < -0.3 is 4.74 Å². The number of aryl methyl sites for hydroxylation is 1. The van der Waals surface area contributed by atoms with Gasteiger partial charge >= 0.3 is 0 Å². The van der Waals surface area contributed by atoms with Crippen LogP contribution in [0.2, 0.25) is 5.02 Å². The molecule has 0 spiro atoms. The van der Waals surface area contributed by atoms with Gasteiger partial charge in [-0.05, 0) is 53.0 Å². The van der Waals surface area contributed by atoms with Crippen LogP contribution in [0.25, 0.3) is 5.57 Å². The molecule has 37 heavy (non-hydrogen) atoms. The van der Waals surface area contributed by atoms with Gasteiger partial charge in [-0.15, -0.1) is 0 Å². The largest absolute Gasteiger partial charge is 0.455 e. The fourth-order valence-electron chi connectivity index (χ4n) is 5.57. The maximum absolute atomic E-state index is 12.5. The second-order valence-electron chi connectivity index (χ2n) is 9.28. The number of nitrogens with zero attached hydrogens (tertiary/aromatic N) is 1. The standard InChI is InChI=1S/C25H19BrClNO7S2/c26-19-11-17-21(12-20(19)27)35-25-16-4-2-8-28-7-1-3-13(24(16)28)9-18(25)23(17)15-6-5-14(36(29,30)31)10-22(15)37(32,33)34/h5-6,9-12H,1-4,7-8H2,(H-,29,30,31,32,33,34)/p+1. The van der Waals surface area contributed by atoms with Gasteiger partial charge in [-0.3, -0.25) is 9.11 Å². The molecule has 8 nitrogen and oxygen atoms in total. The third kappa shape index (κ3) is 4.12. The smallest absolute Gasteiger partial charge is 0.295 e. The van der Waals surface area contributed by atoms with Crippen LogP contribution in [0.3, 0.4) is 0 Å². The van der Waals surface area contributed by atoms with Crippen molar-refractivity contribution in [3.8, 4) is 11.5 Å². The lowest BCUT2D eigenvalue weighted by Gasteiger charge is -2.27. The molecule has 0 aromatic heterocycles. The van der Waals surface area contributed by atoms with Gasteiger partial charge in [0, 0.05) is 50.9 Å². The number of halogens is 2. The van der Waals surface area contributed by atoms with E-state index in [1.807, 2.05) is 6.07 Å². The van der Waals surface area contributed by atoms with Gasteiger partial charge in [0.15, 0.2) is 0 Å². The fourth-order valence-corrected chi connectivity index (χ4v) is 7.37. The number of fused-ring (bicyclic) bond motifs is 3. The second kappa shape index (κ2) is 8.62. The molecule has 0 fully saturated rings. The van der Waals surface area contributed by atoms with Gasteiger partial charge in [0.25, 0.3) is 20.2 Å². The number of ether oxygens (including phenoxy) is 1. The fraction of sp³-hybridized carbons (Fsp3) is 0.240. The van der Waals surface area contributed by atoms with Crippen molar-refractivity contribution in [2.24, 2.45) is 0 Å². The van der Waals surface area contributed by atoms with Gasteiger partial charge in [0.1, 0.15) is 29.5 Å². The van der Waals surface area contributed by atoms with Gasteiger partial charge in [0.2, 0.25) is 5.36 Å². The van der Waals surface area contributed by atoms with Crippen LogP contribution in [0.4, 0.5) is 0 Å². The molecule has 0 atom stereocenters. The lowest BCUT2D eigenvalue weighted by atomic mass is 9.87. The third-order valence-electron chi connectivity index (χ3n) is 7.04. The lowest BCUT2D eigenvalue weighted by molar-refractivity contribution is 0.437. The summed E-state index contributed by atoms with van der Waals surface area (Å²) in [4.78, 5) is -1.29. The summed E-state index contributed by atoms with van der Waals surface area (Å²) in [6.07, 6.45) is 3.55. The minimum atomic E-state index is -4.90. The van der Waals surface area contributed by atoms with E-state index in [2.05, 4.69) is 20.5 Å². The average molecular weight is 626 g/mol. The van der Waals surface area contributed by atoms with Crippen LogP contribution in [0, 0.1) is 0 Å². The molecular weight excluding hydrogens is 606 g/mol. The van der Waals surface area contributed by atoms with Crippen LogP contribution in [0.15, 0.2) is 50.7 Å². The van der Waals surface area contributed by atoms with Crippen molar-refractivity contribution >= 4 is 53.3 Å². The first-order valence-corrected chi connectivity index (χ1v) is 15.6. The Labute approximate surface area is 226 Å². The summed E-state index contributed by atoms with van der Waals surface area (Å²) in [5.74, 6) is 0.992. The van der Waals surface area contributed by atoms with Crippen molar-refractivity contribution in [3.63, 3.8) is 0 Å². The molecule has 3 aromatic carbocycles. The molecule has 0 saturated carbocycles. The first-order valence-electron chi connectivity index (χ1n) is 11.5. The molecule has 0 aliphatic carbocycles. The van der Waals surface area contributed by atoms with Crippen molar-refractivity contribution in [3.05, 3.63) is 78.7 Å². The average Bonchev–Trinajstić information content (AvgIpc) is 2.83. The van der Waals surface area contributed by atoms with Gasteiger partial charge in [-0.25, -0.2) is 4.58 Å². The Kier molecular flexibility index (Phi) is 5.83. The Morgan fingerprint density at radius 1 is 0.919 bits per heavy atom. The molecular formula is C25H20BrClNO7S2+.